The Morgan fingerprint density at radius 2 is 1.28 bits per heavy atom. The first-order valence-corrected chi connectivity index (χ1v) is 10.2. The van der Waals surface area contributed by atoms with E-state index in [0.29, 0.717) is 0 Å². The molecule has 36 heavy (non-hydrogen) atoms. The molecule has 212 valence electrons. The molecule has 5 N–H and O–H groups in total. The van der Waals surface area contributed by atoms with Crippen LogP contribution >= 0.6 is 0 Å². The van der Waals surface area contributed by atoms with Gasteiger partial charge in [0, 0.05) is 6.54 Å². The molecule has 0 aromatic rings. The van der Waals surface area contributed by atoms with Gasteiger partial charge in [0.2, 0.25) is 0 Å². The highest BCUT2D eigenvalue weighted by Gasteiger charge is 2.51. The van der Waals surface area contributed by atoms with Gasteiger partial charge in [0.05, 0.1) is 19.4 Å². The van der Waals surface area contributed by atoms with Gasteiger partial charge in [-0.1, -0.05) is 0 Å². The van der Waals surface area contributed by atoms with Crippen LogP contribution in [-0.2, 0) is 14.2 Å². The number of ether oxygens (including phenoxy) is 3. The van der Waals surface area contributed by atoms with Gasteiger partial charge in [0.15, 0.2) is 6.61 Å². The van der Waals surface area contributed by atoms with E-state index < -0.39 is 80.6 Å². The van der Waals surface area contributed by atoms with Crippen molar-refractivity contribution in [3.8, 4) is 0 Å². The van der Waals surface area contributed by atoms with Gasteiger partial charge in [-0.25, -0.2) is 14.4 Å². The first-order valence-electron chi connectivity index (χ1n) is 10.2. The fourth-order valence-corrected chi connectivity index (χ4v) is 3.34. The summed E-state index contributed by atoms with van der Waals surface area (Å²) in [5.74, 6) is -0.719. The lowest BCUT2D eigenvalue weighted by Gasteiger charge is -2.34. The van der Waals surface area contributed by atoms with E-state index in [2.05, 4.69) is 14.2 Å². The lowest BCUT2D eigenvalue weighted by molar-refractivity contribution is -0.217. The average molecular weight is 551 g/mol. The van der Waals surface area contributed by atoms with Crippen molar-refractivity contribution in [2.24, 2.45) is 17.4 Å². The van der Waals surface area contributed by atoms with Crippen molar-refractivity contribution in [3.05, 3.63) is 0 Å². The third kappa shape index (κ3) is 18.5. The van der Waals surface area contributed by atoms with Crippen LogP contribution in [0.2, 0.25) is 0 Å². The van der Waals surface area contributed by atoms with E-state index in [1.54, 1.807) is 0 Å². The van der Waals surface area contributed by atoms with Crippen LogP contribution in [0.3, 0.4) is 0 Å². The molecule has 0 fully saturated rings. The van der Waals surface area contributed by atoms with Gasteiger partial charge in [-0.15, -0.1) is 0 Å². The monoisotopic (exact) mass is 551 g/mol. The topological polar surface area (TPSA) is 143 Å². The lowest BCUT2D eigenvalue weighted by Crippen LogP contribution is -2.44. The van der Waals surface area contributed by atoms with E-state index in [1.807, 2.05) is 5.32 Å². The quantitative estimate of drug-likeness (QED) is 0.163. The zero-order valence-electron chi connectivity index (χ0n) is 18.7. The number of halogens is 9. The summed E-state index contributed by atoms with van der Waals surface area (Å²) < 4.78 is 127. The van der Waals surface area contributed by atoms with Gasteiger partial charge in [0.25, 0.3) is 0 Å². The Labute approximate surface area is 198 Å². The first kappa shape index (κ1) is 33.2. The zero-order chi connectivity index (χ0) is 28.2. The molecular weight excluding hydrogens is 525 g/mol. The first-order chi connectivity index (χ1) is 16.2. The maximum Gasteiger partial charge on any atom is 0.422 e. The van der Waals surface area contributed by atoms with Gasteiger partial charge >= 0.3 is 36.8 Å². The Kier molecular flexibility index (Phi) is 13.0. The van der Waals surface area contributed by atoms with E-state index in [-0.39, 0.29) is 32.4 Å². The summed E-state index contributed by atoms with van der Waals surface area (Å²) in [7, 11) is 0. The van der Waals surface area contributed by atoms with Gasteiger partial charge in [-0.05, 0) is 38.0 Å². The molecule has 0 radical (unpaired) electrons. The van der Waals surface area contributed by atoms with Crippen molar-refractivity contribution in [1.82, 2.24) is 5.32 Å². The molecule has 0 spiro atoms. The number of carbonyl (C=O) groups excluding carboxylic acids is 3. The molecule has 0 aliphatic rings. The molecule has 0 aromatic carbocycles. The molecule has 0 aromatic heterocycles. The molecule has 0 bridgehead atoms. The summed E-state index contributed by atoms with van der Waals surface area (Å²) in [5, 5.41) is 2.00. The number of alkyl halides is 9. The third-order valence-corrected chi connectivity index (χ3v) is 4.51. The van der Waals surface area contributed by atoms with Gasteiger partial charge in [0.1, 0.15) is 5.60 Å². The Morgan fingerprint density at radius 3 is 1.72 bits per heavy atom. The Balaban J connectivity index is 5.34. The fourth-order valence-electron chi connectivity index (χ4n) is 3.34. The van der Waals surface area contributed by atoms with Crippen LogP contribution < -0.4 is 16.8 Å². The number of nitrogens with two attached hydrogens (primary N) is 2. The molecule has 0 aliphatic heterocycles. The molecule has 0 rings (SSSR count). The maximum absolute atomic E-state index is 13.0. The number of primary amides is 2. The van der Waals surface area contributed by atoms with E-state index in [4.69, 9.17) is 11.5 Å². The number of hydrogen-bond acceptors (Lipinski definition) is 6. The minimum absolute atomic E-state index is 0.0645. The molecule has 18 heteroatoms. The molecule has 1 unspecified atom stereocenters. The standard InChI is InChI=1S/C18H26F9N3O6/c19-16(20,21)8-15(36-13(29)32,9-17(22,23)24)5-1-3-11(4-2-6-34-12(28)31)7-30-14(33)35-10-18(25,26)27/h11H,1-10H2,(H2,28,31)(H2,29,32)(H,30,33). The van der Waals surface area contributed by atoms with Crippen molar-refractivity contribution in [2.45, 2.75) is 69.1 Å². The summed E-state index contributed by atoms with van der Waals surface area (Å²) in [6.07, 6.45) is -25.2. The summed E-state index contributed by atoms with van der Waals surface area (Å²) in [4.78, 5) is 33.1. The normalized spacial score (nSPS) is 13.6. The Bertz CT molecular complexity index is 698. The smallest absolute Gasteiger partial charge is 0.422 e. The predicted molar refractivity (Wildman–Crippen MR) is 102 cm³/mol. The largest absolute Gasteiger partial charge is 0.450 e. The number of amides is 3. The van der Waals surface area contributed by atoms with E-state index in [9.17, 15) is 53.9 Å². The molecule has 9 nitrogen and oxygen atoms in total. The number of hydrogen-bond donors (Lipinski definition) is 3. The SMILES string of the molecule is NC(=O)OCCCC(CCCC(CC(F)(F)F)(CC(F)(F)F)OC(N)=O)CNC(=O)OCC(F)(F)F. The van der Waals surface area contributed by atoms with E-state index in [0.717, 1.165) is 0 Å². The molecule has 3 amide bonds. The number of rotatable bonds is 14. The van der Waals surface area contributed by atoms with Crippen LogP contribution in [0.1, 0.15) is 44.9 Å². The Hall–Kier alpha value is -2.82. The van der Waals surface area contributed by atoms with Crippen LogP contribution in [0.4, 0.5) is 53.9 Å². The second-order valence-corrected chi connectivity index (χ2v) is 7.83. The molecule has 0 saturated carbocycles. The predicted octanol–water partition coefficient (Wildman–Crippen LogP) is 4.68. The molecular formula is C18H26F9N3O6. The minimum atomic E-state index is -5.16. The highest BCUT2D eigenvalue weighted by atomic mass is 19.4. The summed E-state index contributed by atoms with van der Waals surface area (Å²) >= 11 is 0. The minimum Gasteiger partial charge on any atom is -0.450 e. The zero-order valence-corrected chi connectivity index (χ0v) is 18.7. The molecule has 0 saturated heterocycles. The number of nitrogens with one attached hydrogen (secondary N) is 1. The summed E-state index contributed by atoms with van der Waals surface area (Å²) in [5.41, 5.74) is 6.43. The van der Waals surface area contributed by atoms with Crippen LogP contribution in [0.25, 0.3) is 0 Å². The molecule has 0 aliphatic carbocycles. The third-order valence-electron chi connectivity index (χ3n) is 4.51. The van der Waals surface area contributed by atoms with E-state index in [1.165, 1.54) is 0 Å². The molecule has 1 atom stereocenters. The Morgan fingerprint density at radius 1 is 0.750 bits per heavy atom. The number of alkyl carbamates (subject to hydrolysis) is 1. The number of carbonyl (C=O) groups is 3. The van der Waals surface area contributed by atoms with Crippen molar-refractivity contribution in [3.63, 3.8) is 0 Å². The van der Waals surface area contributed by atoms with Gasteiger partial charge in [-0.3, -0.25) is 0 Å². The fraction of sp³-hybridized carbons (Fsp3) is 0.833. The van der Waals surface area contributed by atoms with Crippen molar-refractivity contribution >= 4 is 18.3 Å². The van der Waals surface area contributed by atoms with Crippen LogP contribution in [0, 0.1) is 5.92 Å². The van der Waals surface area contributed by atoms with E-state index >= 15 is 0 Å². The van der Waals surface area contributed by atoms with Gasteiger partial charge < -0.3 is 31.0 Å². The summed E-state index contributed by atoms with van der Waals surface area (Å²) in [6.45, 7) is -2.49. The van der Waals surface area contributed by atoms with Crippen LogP contribution in [0.15, 0.2) is 0 Å². The average Bonchev–Trinajstić information content (AvgIpc) is 2.62. The van der Waals surface area contributed by atoms with Crippen molar-refractivity contribution in [1.29, 1.82) is 0 Å². The van der Waals surface area contributed by atoms with Crippen molar-refractivity contribution < 1.29 is 68.1 Å². The second-order valence-electron chi connectivity index (χ2n) is 7.83. The maximum atomic E-state index is 13.0. The van der Waals surface area contributed by atoms with Crippen LogP contribution in [-0.4, -0.2) is 62.2 Å². The second kappa shape index (κ2) is 14.1. The summed E-state index contributed by atoms with van der Waals surface area (Å²) in [6, 6.07) is 0. The van der Waals surface area contributed by atoms with Crippen LogP contribution in [0.5, 0.6) is 0 Å². The molecule has 0 heterocycles. The van der Waals surface area contributed by atoms with Gasteiger partial charge in [-0.2, -0.15) is 39.5 Å². The highest BCUT2D eigenvalue weighted by molar-refractivity contribution is 5.67. The lowest BCUT2D eigenvalue weighted by atomic mass is 9.86. The highest BCUT2D eigenvalue weighted by Crippen LogP contribution is 2.41. The van der Waals surface area contributed by atoms with Crippen molar-refractivity contribution in [2.75, 3.05) is 19.8 Å².